The number of nitrogens with one attached hydrogen (secondary N) is 1. The number of pyridine rings is 1. The minimum absolute atomic E-state index is 0.00989. The molecule has 7 heteroatoms. The van der Waals surface area contributed by atoms with Crippen molar-refractivity contribution in [2.75, 3.05) is 12.3 Å². The number of anilines is 1. The molecule has 0 aliphatic carbocycles. The van der Waals surface area contributed by atoms with Crippen molar-refractivity contribution >= 4 is 23.0 Å². The van der Waals surface area contributed by atoms with Crippen molar-refractivity contribution in [3.8, 4) is 0 Å². The highest BCUT2D eigenvalue weighted by Gasteiger charge is 2.11. The maximum Gasteiger partial charge on any atom is 0.281 e. The number of fused-ring (bicyclic) bond motifs is 1. The maximum atomic E-state index is 12.2. The third-order valence-electron chi connectivity index (χ3n) is 3.50. The first-order chi connectivity index (χ1) is 11.6. The summed E-state index contributed by atoms with van der Waals surface area (Å²) in [6.07, 6.45) is 2.62. The Morgan fingerprint density at radius 2 is 1.83 bits per heavy atom. The summed E-state index contributed by atoms with van der Waals surface area (Å²) in [6, 6.07) is 11.7. The van der Waals surface area contributed by atoms with E-state index >= 15 is 0 Å². The van der Waals surface area contributed by atoms with E-state index in [1.54, 1.807) is 24.3 Å². The molecule has 3 N–H and O–H groups in total. The van der Waals surface area contributed by atoms with Gasteiger partial charge >= 0.3 is 0 Å². The molecule has 1 aromatic carbocycles. The highest BCUT2D eigenvalue weighted by Crippen LogP contribution is 2.04. The number of rotatable bonds is 4. The lowest BCUT2D eigenvalue weighted by atomic mass is 10.1. The molecule has 2 aromatic heterocycles. The molecule has 2 heterocycles. The quantitative estimate of drug-likeness (QED) is 0.694. The predicted molar refractivity (Wildman–Crippen MR) is 89.0 cm³/mol. The Hall–Kier alpha value is -3.48. The summed E-state index contributed by atoms with van der Waals surface area (Å²) in [6.45, 7) is -0.134. The smallest absolute Gasteiger partial charge is 0.281 e. The van der Waals surface area contributed by atoms with Crippen LogP contribution in [0.1, 0.15) is 20.7 Å². The Kier molecular flexibility index (Phi) is 4.07. The van der Waals surface area contributed by atoms with Crippen LogP contribution in [0.25, 0.3) is 5.65 Å². The molecule has 0 radical (unpaired) electrons. The first kappa shape index (κ1) is 15.4. The minimum Gasteiger partial charge on any atom is -0.393 e. The summed E-state index contributed by atoms with van der Waals surface area (Å²) in [5.74, 6) is -0.664. The molecule has 7 nitrogen and oxygen atoms in total. The van der Waals surface area contributed by atoms with Crippen LogP contribution in [-0.2, 0) is 0 Å². The molecule has 0 aliphatic heterocycles. The molecular formula is C17H14N4O3. The number of hydrogen-bond donors (Lipinski definition) is 2. The van der Waals surface area contributed by atoms with Gasteiger partial charge in [-0.15, -0.1) is 0 Å². The van der Waals surface area contributed by atoms with Crippen LogP contribution in [0.5, 0.6) is 0 Å². The van der Waals surface area contributed by atoms with Crippen LogP contribution in [0.4, 0.5) is 5.69 Å². The van der Waals surface area contributed by atoms with Crippen molar-refractivity contribution in [1.82, 2.24) is 14.7 Å². The van der Waals surface area contributed by atoms with E-state index in [0.717, 1.165) is 0 Å². The number of nitrogens with zero attached hydrogens (tertiary/aromatic N) is 2. The van der Waals surface area contributed by atoms with Crippen LogP contribution >= 0.6 is 0 Å². The number of aromatic nitrogens is 2. The lowest BCUT2D eigenvalue weighted by molar-refractivity contribution is 0.0904. The molecule has 0 saturated heterocycles. The number of nitrogen functional groups attached to an aromatic ring is 1. The second kappa shape index (κ2) is 6.33. The van der Waals surface area contributed by atoms with Crippen molar-refractivity contribution in [2.24, 2.45) is 0 Å². The van der Waals surface area contributed by atoms with E-state index in [1.807, 2.05) is 6.07 Å². The van der Waals surface area contributed by atoms with Crippen LogP contribution in [0.15, 0.2) is 59.7 Å². The Morgan fingerprint density at radius 3 is 2.58 bits per heavy atom. The molecule has 1 amide bonds. The van der Waals surface area contributed by atoms with E-state index in [4.69, 9.17) is 5.73 Å². The third kappa shape index (κ3) is 3.00. The van der Waals surface area contributed by atoms with E-state index in [9.17, 15) is 14.4 Å². The molecule has 0 bridgehead atoms. The summed E-state index contributed by atoms with van der Waals surface area (Å²) in [7, 11) is 0. The number of amides is 1. The van der Waals surface area contributed by atoms with E-state index < -0.39 is 11.5 Å². The van der Waals surface area contributed by atoms with E-state index in [1.165, 1.54) is 28.9 Å². The fourth-order valence-corrected chi connectivity index (χ4v) is 2.21. The van der Waals surface area contributed by atoms with Gasteiger partial charge in [0.2, 0.25) is 0 Å². The van der Waals surface area contributed by atoms with Gasteiger partial charge in [-0.25, -0.2) is 4.98 Å². The number of carbonyl (C=O) groups excluding carboxylic acids is 2. The van der Waals surface area contributed by atoms with Gasteiger partial charge < -0.3 is 11.1 Å². The van der Waals surface area contributed by atoms with Crippen LogP contribution in [0, 0.1) is 0 Å². The van der Waals surface area contributed by atoms with E-state index in [0.29, 0.717) is 11.2 Å². The van der Waals surface area contributed by atoms with Gasteiger partial charge in [0.05, 0.1) is 18.3 Å². The molecule has 0 spiro atoms. The van der Waals surface area contributed by atoms with Gasteiger partial charge in [-0.05, 0) is 12.1 Å². The first-order valence-electron chi connectivity index (χ1n) is 7.19. The van der Waals surface area contributed by atoms with Gasteiger partial charge in [0.25, 0.3) is 11.5 Å². The normalized spacial score (nSPS) is 10.5. The second-order valence-corrected chi connectivity index (χ2v) is 5.14. The maximum absolute atomic E-state index is 12.2. The molecule has 0 unspecified atom stereocenters. The fourth-order valence-electron chi connectivity index (χ4n) is 2.21. The minimum atomic E-state index is -0.462. The highest BCUT2D eigenvalue weighted by atomic mass is 16.2. The highest BCUT2D eigenvalue weighted by molar-refractivity contribution is 6.02. The summed E-state index contributed by atoms with van der Waals surface area (Å²) < 4.78 is 1.20. The molecular weight excluding hydrogens is 308 g/mol. The number of carbonyl (C=O) groups is 2. The monoisotopic (exact) mass is 322 g/mol. The largest absolute Gasteiger partial charge is 0.393 e. The lowest BCUT2D eigenvalue weighted by Gasteiger charge is -2.07. The van der Waals surface area contributed by atoms with Crippen LogP contribution in [-0.4, -0.2) is 27.6 Å². The molecule has 120 valence electrons. The summed E-state index contributed by atoms with van der Waals surface area (Å²) in [5, 5.41) is 2.54. The number of nitrogens with two attached hydrogens (primary N) is 1. The van der Waals surface area contributed by atoms with Crippen LogP contribution in [0.2, 0.25) is 0 Å². The molecule has 0 aliphatic rings. The Labute approximate surface area is 136 Å². The standard InChI is InChI=1S/C17H14N4O3/c18-13-8-19-15-7-6-12(10-21(15)17(13)24)16(23)20-9-14(22)11-4-2-1-3-5-11/h1-8,10H,9,18H2,(H,20,23). The SMILES string of the molecule is Nc1cnc2ccc(C(=O)NCC(=O)c3ccccc3)cn2c1=O. The van der Waals surface area contributed by atoms with Gasteiger partial charge in [-0.3, -0.25) is 18.8 Å². The molecule has 3 rings (SSSR count). The number of benzene rings is 1. The zero-order valence-corrected chi connectivity index (χ0v) is 12.6. The molecule has 0 saturated carbocycles. The van der Waals surface area contributed by atoms with Crippen LogP contribution < -0.4 is 16.6 Å². The first-order valence-corrected chi connectivity index (χ1v) is 7.19. The Morgan fingerprint density at radius 1 is 1.08 bits per heavy atom. The number of hydrogen-bond acceptors (Lipinski definition) is 5. The number of Topliss-reactive ketones (excluding diaryl/α,β-unsaturated/α-hetero) is 1. The van der Waals surface area contributed by atoms with Crippen LogP contribution in [0.3, 0.4) is 0 Å². The molecule has 0 atom stereocenters. The van der Waals surface area contributed by atoms with E-state index in [-0.39, 0.29) is 23.6 Å². The van der Waals surface area contributed by atoms with Gasteiger partial charge in [0, 0.05) is 11.8 Å². The summed E-state index contributed by atoms with van der Waals surface area (Å²) in [5.41, 5.74) is 6.21. The van der Waals surface area contributed by atoms with Gasteiger partial charge in [-0.2, -0.15) is 0 Å². The third-order valence-corrected chi connectivity index (χ3v) is 3.50. The van der Waals surface area contributed by atoms with Gasteiger partial charge in [0.15, 0.2) is 5.78 Å². The lowest BCUT2D eigenvalue weighted by Crippen LogP contribution is -2.30. The topological polar surface area (TPSA) is 107 Å². The van der Waals surface area contributed by atoms with E-state index in [2.05, 4.69) is 10.3 Å². The second-order valence-electron chi connectivity index (χ2n) is 5.14. The molecule has 24 heavy (non-hydrogen) atoms. The average Bonchev–Trinajstić information content (AvgIpc) is 2.63. The Balaban J connectivity index is 1.78. The summed E-state index contributed by atoms with van der Waals surface area (Å²) in [4.78, 5) is 40.2. The van der Waals surface area contributed by atoms with Crippen molar-refractivity contribution in [1.29, 1.82) is 0 Å². The van der Waals surface area contributed by atoms with Crippen molar-refractivity contribution in [3.63, 3.8) is 0 Å². The Bertz CT molecular complexity index is 980. The average molecular weight is 322 g/mol. The van der Waals surface area contributed by atoms with Gasteiger partial charge in [-0.1, -0.05) is 30.3 Å². The molecule has 3 aromatic rings. The van der Waals surface area contributed by atoms with Crippen molar-refractivity contribution in [2.45, 2.75) is 0 Å². The number of ketones is 1. The zero-order valence-electron chi connectivity index (χ0n) is 12.6. The van der Waals surface area contributed by atoms with Crippen molar-refractivity contribution < 1.29 is 9.59 Å². The van der Waals surface area contributed by atoms with Gasteiger partial charge in [0.1, 0.15) is 11.3 Å². The van der Waals surface area contributed by atoms with Crippen molar-refractivity contribution in [3.05, 3.63) is 76.3 Å². The predicted octanol–water partition coefficient (Wildman–Crippen LogP) is 0.889. The molecule has 0 fully saturated rings. The zero-order chi connectivity index (χ0) is 17.1. The fraction of sp³-hybridized carbons (Fsp3) is 0.0588. The summed E-state index contributed by atoms with van der Waals surface area (Å²) >= 11 is 0.